The van der Waals surface area contributed by atoms with Crippen LogP contribution in [0.15, 0.2) is 18.5 Å². The molecule has 0 radical (unpaired) electrons. The average Bonchev–Trinajstić information content (AvgIpc) is 2.42. The Morgan fingerprint density at radius 3 is 2.95 bits per heavy atom. The highest BCUT2D eigenvalue weighted by molar-refractivity contribution is 6.31. The van der Waals surface area contributed by atoms with E-state index in [4.69, 9.17) is 11.6 Å². The number of rotatable bonds is 5. The van der Waals surface area contributed by atoms with Gasteiger partial charge < -0.3 is 5.11 Å². The maximum atomic E-state index is 11.5. The van der Waals surface area contributed by atoms with Gasteiger partial charge in [-0.1, -0.05) is 31.4 Å². The molecule has 3 nitrogen and oxygen atoms in total. The summed E-state index contributed by atoms with van der Waals surface area (Å²) in [6, 6.07) is 1.91. The number of aromatic nitrogens is 1. The molecule has 110 valence electrons. The third-order valence-corrected chi connectivity index (χ3v) is 4.78. The quantitative estimate of drug-likeness (QED) is 0.886. The monoisotopic (exact) mass is 295 g/mol. The van der Waals surface area contributed by atoms with Crippen LogP contribution >= 0.6 is 11.6 Å². The van der Waals surface area contributed by atoms with Gasteiger partial charge in [0.05, 0.1) is 10.9 Å². The number of hydrogen-bond acceptors (Lipinski definition) is 2. The molecule has 1 saturated carbocycles. The highest BCUT2D eigenvalue weighted by Gasteiger charge is 2.34. The Hall–Kier alpha value is -1.09. The van der Waals surface area contributed by atoms with Crippen molar-refractivity contribution in [3.05, 3.63) is 29.0 Å². The molecule has 1 N–H and O–H groups in total. The summed E-state index contributed by atoms with van der Waals surface area (Å²) in [6.45, 7) is 2.19. The summed E-state index contributed by atoms with van der Waals surface area (Å²) in [5.41, 5.74) is 1.02. The topological polar surface area (TPSA) is 50.2 Å². The first-order chi connectivity index (χ1) is 9.61. The van der Waals surface area contributed by atoms with E-state index in [1.165, 1.54) is 12.8 Å². The van der Waals surface area contributed by atoms with Crippen molar-refractivity contribution in [1.29, 1.82) is 0 Å². The molecule has 4 heteroatoms. The molecule has 0 amide bonds. The van der Waals surface area contributed by atoms with Crippen LogP contribution in [-0.4, -0.2) is 16.1 Å². The van der Waals surface area contributed by atoms with Crippen molar-refractivity contribution in [2.45, 2.75) is 45.4 Å². The SMILES string of the molecule is CCCC1CCC(C(=O)O)C(Cc2ccncc2Cl)C1. The van der Waals surface area contributed by atoms with E-state index in [9.17, 15) is 9.90 Å². The van der Waals surface area contributed by atoms with Crippen molar-refractivity contribution in [1.82, 2.24) is 4.98 Å². The van der Waals surface area contributed by atoms with Crippen LogP contribution in [0.4, 0.5) is 0 Å². The van der Waals surface area contributed by atoms with Gasteiger partial charge in [-0.3, -0.25) is 9.78 Å². The number of carboxylic acids is 1. The Morgan fingerprint density at radius 2 is 2.30 bits per heavy atom. The summed E-state index contributed by atoms with van der Waals surface area (Å²) < 4.78 is 0. The van der Waals surface area contributed by atoms with Crippen LogP contribution < -0.4 is 0 Å². The second-order valence-corrected chi connectivity index (χ2v) is 6.25. The Bertz CT molecular complexity index is 464. The van der Waals surface area contributed by atoms with Crippen molar-refractivity contribution in [2.75, 3.05) is 0 Å². The fourth-order valence-electron chi connectivity index (χ4n) is 3.43. The maximum Gasteiger partial charge on any atom is 0.306 e. The first-order valence-corrected chi connectivity index (χ1v) is 7.80. The number of carbonyl (C=O) groups is 1. The van der Waals surface area contributed by atoms with Crippen molar-refractivity contribution >= 4 is 17.6 Å². The van der Waals surface area contributed by atoms with Gasteiger partial charge in [-0.05, 0) is 49.1 Å². The molecule has 3 unspecified atom stereocenters. The lowest BCUT2D eigenvalue weighted by atomic mass is 9.70. The molecule has 0 aliphatic heterocycles. The van der Waals surface area contributed by atoms with Crippen LogP contribution in [0.5, 0.6) is 0 Å². The molecule has 1 fully saturated rings. The largest absolute Gasteiger partial charge is 0.481 e. The molecule has 0 aromatic carbocycles. The molecule has 0 bridgehead atoms. The van der Waals surface area contributed by atoms with E-state index in [1.807, 2.05) is 6.07 Å². The van der Waals surface area contributed by atoms with Crippen LogP contribution in [0.3, 0.4) is 0 Å². The fraction of sp³-hybridized carbons (Fsp3) is 0.625. The molecule has 1 aliphatic carbocycles. The van der Waals surface area contributed by atoms with Crippen LogP contribution in [0.2, 0.25) is 5.02 Å². The molecule has 1 aromatic rings. The van der Waals surface area contributed by atoms with Crippen LogP contribution in [0.1, 0.15) is 44.6 Å². The predicted octanol–water partition coefficient (Wildman–Crippen LogP) is 4.19. The van der Waals surface area contributed by atoms with Crippen LogP contribution in [-0.2, 0) is 11.2 Å². The van der Waals surface area contributed by atoms with Gasteiger partial charge in [-0.25, -0.2) is 0 Å². The molecular weight excluding hydrogens is 274 g/mol. The lowest BCUT2D eigenvalue weighted by molar-refractivity contribution is -0.145. The van der Waals surface area contributed by atoms with Gasteiger partial charge in [0.25, 0.3) is 0 Å². The van der Waals surface area contributed by atoms with Gasteiger partial charge in [0, 0.05) is 12.4 Å². The number of hydrogen-bond donors (Lipinski definition) is 1. The zero-order chi connectivity index (χ0) is 14.5. The summed E-state index contributed by atoms with van der Waals surface area (Å²) in [6.07, 6.45) is 9.33. The molecule has 2 rings (SSSR count). The number of nitrogens with zero attached hydrogens (tertiary/aromatic N) is 1. The summed E-state index contributed by atoms with van der Waals surface area (Å²) >= 11 is 6.16. The van der Waals surface area contributed by atoms with Gasteiger partial charge in [-0.15, -0.1) is 0 Å². The lowest BCUT2D eigenvalue weighted by Gasteiger charge is -2.34. The minimum Gasteiger partial charge on any atom is -0.481 e. The number of carboxylic acid groups (broad SMARTS) is 1. The Morgan fingerprint density at radius 1 is 1.50 bits per heavy atom. The molecule has 3 atom stereocenters. The molecule has 1 heterocycles. The number of aliphatic carboxylic acids is 1. The number of pyridine rings is 1. The van der Waals surface area contributed by atoms with E-state index in [-0.39, 0.29) is 11.8 Å². The summed E-state index contributed by atoms with van der Waals surface area (Å²) in [4.78, 5) is 15.4. The van der Waals surface area contributed by atoms with Crippen molar-refractivity contribution < 1.29 is 9.90 Å². The zero-order valence-electron chi connectivity index (χ0n) is 11.9. The zero-order valence-corrected chi connectivity index (χ0v) is 12.6. The minimum atomic E-state index is -0.657. The molecular formula is C16H22ClNO2. The second kappa shape index (κ2) is 7.07. The summed E-state index contributed by atoms with van der Waals surface area (Å²) in [7, 11) is 0. The van der Waals surface area contributed by atoms with Gasteiger partial charge in [0.2, 0.25) is 0 Å². The smallest absolute Gasteiger partial charge is 0.306 e. The van der Waals surface area contributed by atoms with Crippen molar-refractivity contribution in [3.63, 3.8) is 0 Å². The van der Waals surface area contributed by atoms with E-state index < -0.39 is 5.97 Å². The third kappa shape index (κ3) is 3.72. The van der Waals surface area contributed by atoms with E-state index in [1.54, 1.807) is 12.4 Å². The third-order valence-electron chi connectivity index (χ3n) is 4.44. The Kier molecular flexibility index (Phi) is 5.41. The maximum absolute atomic E-state index is 11.5. The first kappa shape index (κ1) is 15.3. The highest BCUT2D eigenvalue weighted by Crippen LogP contribution is 2.38. The molecule has 1 aliphatic rings. The normalized spacial score (nSPS) is 26.4. The molecule has 0 saturated heterocycles. The standard InChI is InChI=1S/C16H22ClNO2/c1-2-3-11-4-5-14(16(19)20)13(8-11)9-12-6-7-18-10-15(12)17/h6-7,10-11,13-14H,2-5,8-9H2,1H3,(H,19,20). The average molecular weight is 296 g/mol. The van der Waals surface area contributed by atoms with E-state index in [0.29, 0.717) is 10.9 Å². The van der Waals surface area contributed by atoms with Gasteiger partial charge >= 0.3 is 5.97 Å². The lowest BCUT2D eigenvalue weighted by Crippen LogP contribution is -2.32. The Labute approximate surface area is 125 Å². The van der Waals surface area contributed by atoms with Crippen LogP contribution in [0.25, 0.3) is 0 Å². The first-order valence-electron chi connectivity index (χ1n) is 7.43. The summed E-state index contributed by atoms with van der Waals surface area (Å²) in [5.74, 6) is -0.0265. The molecule has 20 heavy (non-hydrogen) atoms. The van der Waals surface area contributed by atoms with E-state index in [2.05, 4.69) is 11.9 Å². The van der Waals surface area contributed by atoms with Gasteiger partial charge in [0.15, 0.2) is 0 Å². The minimum absolute atomic E-state index is 0.192. The van der Waals surface area contributed by atoms with Gasteiger partial charge in [0.1, 0.15) is 0 Å². The predicted molar refractivity (Wildman–Crippen MR) is 79.8 cm³/mol. The Balaban J connectivity index is 2.11. The van der Waals surface area contributed by atoms with Crippen LogP contribution in [0, 0.1) is 17.8 Å². The summed E-state index contributed by atoms with van der Waals surface area (Å²) in [5, 5.41) is 10.1. The number of halogens is 1. The van der Waals surface area contributed by atoms with E-state index >= 15 is 0 Å². The highest BCUT2D eigenvalue weighted by atomic mass is 35.5. The van der Waals surface area contributed by atoms with Crippen molar-refractivity contribution in [3.8, 4) is 0 Å². The fourth-order valence-corrected chi connectivity index (χ4v) is 3.63. The van der Waals surface area contributed by atoms with Crippen molar-refractivity contribution in [2.24, 2.45) is 17.8 Å². The molecule has 0 spiro atoms. The van der Waals surface area contributed by atoms with E-state index in [0.717, 1.165) is 31.2 Å². The molecule has 1 aromatic heterocycles. The second-order valence-electron chi connectivity index (χ2n) is 5.84. The van der Waals surface area contributed by atoms with Gasteiger partial charge in [-0.2, -0.15) is 0 Å².